The maximum Gasteiger partial charge on any atom is 0.296 e. The molecule has 8 heteroatoms. The van der Waals surface area contributed by atoms with Crippen molar-refractivity contribution in [2.75, 3.05) is 0 Å². The number of nitrogens with one attached hydrogen (secondary N) is 1. The summed E-state index contributed by atoms with van der Waals surface area (Å²) in [4.78, 5) is 7.72. The number of pyridine rings is 1. The number of hydrogen-bond acceptors (Lipinski definition) is 5. The second kappa shape index (κ2) is 3.84. The molecule has 0 aromatic carbocycles. The Balaban J connectivity index is 2.47. The molecule has 84 valence electrons. The Hall–Kier alpha value is -1.47. The first-order valence-corrected chi connectivity index (χ1v) is 6.57. The van der Waals surface area contributed by atoms with Gasteiger partial charge in [0.05, 0.1) is 0 Å². The summed E-state index contributed by atoms with van der Waals surface area (Å²) in [5, 5.41) is 5.64. The van der Waals surface area contributed by atoms with E-state index in [-0.39, 0.29) is 11.0 Å². The highest BCUT2D eigenvalue weighted by Crippen LogP contribution is 2.17. The molecule has 0 bridgehead atoms. The number of aromatic nitrogens is 4. The molecule has 6 nitrogen and oxygen atoms in total. The molecule has 0 amide bonds. The Labute approximate surface area is 96.1 Å². The van der Waals surface area contributed by atoms with E-state index in [0.29, 0.717) is 5.56 Å². The molecule has 0 saturated carbocycles. The smallest absolute Gasteiger partial charge is 0.264 e. The van der Waals surface area contributed by atoms with E-state index in [1.54, 1.807) is 18.5 Å². The van der Waals surface area contributed by atoms with Crippen LogP contribution in [0.25, 0.3) is 11.4 Å². The topological polar surface area (TPSA) is 88.6 Å². The minimum atomic E-state index is -3.88. The summed E-state index contributed by atoms with van der Waals surface area (Å²) in [6.45, 7) is 1.86. The normalized spacial score (nSPS) is 11.6. The first kappa shape index (κ1) is 11.0. The monoisotopic (exact) mass is 258 g/mol. The van der Waals surface area contributed by atoms with Crippen molar-refractivity contribution in [3.63, 3.8) is 0 Å². The predicted octanol–water partition coefficient (Wildman–Crippen LogP) is 1.10. The van der Waals surface area contributed by atoms with Gasteiger partial charge >= 0.3 is 0 Å². The van der Waals surface area contributed by atoms with Crippen LogP contribution in [-0.2, 0) is 9.05 Å². The van der Waals surface area contributed by atoms with E-state index in [1.807, 2.05) is 6.92 Å². The Morgan fingerprint density at radius 1 is 1.38 bits per heavy atom. The van der Waals surface area contributed by atoms with Crippen LogP contribution in [0.15, 0.2) is 23.6 Å². The van der Waals surface area contributed by atoms with E-state index >= 15 is 0 Å². The highest BCUT2D eigenvalue weighted by Gasteiger charge is 2.16. The van der Waals surface area contributed by atoms with E-state index in [4.69, 9.17) is 10.7 Å². The minimum absolute atomic E-state index is 0.246. The summed E-state index contributed by atoms with van der Waals surface area (Å²) in [5.41, 5.74) is 1.56. The van der Waals surface area contributed by atoms with E-state index in [0.717, 1.165) is 5.56 Å². The third-order valence-corrected chi connectivity index (χ3v) is 2.91. The second-order valence-corrected chi connectivity index (χ2v) is 5.63. The zero-order valence-electron chi connectivity index (χ0n) is 8.18. The highest BCUT2D eigenvalue weighted by molar-refractivity contribution is 8.13. The van der Waals surface area contributed by atoms with Crippen molar-refractivity contribution in [3.8, 4) is 11.4 Å². The molecule has 0 unspecified atom stereocenters. The molecule has 0 atom stereocenters. The molecule has 16 heavy (non-hydrogen) atoms. The number of aromatic amines is 1. The average Bonchev–Trinajstić information content (AvgIpc) is 2.65. The standard InChI is InChI=1S/C8H7ClN4O2S/c1-5-2-6(4-10-3-5)7-11-8(13-12-7)16(9,14)15/h2-4H,1H3,(H,11,12,13). The summed E-state index contributed by atoms with van der Waals surface area (Å²) < 4.78 is 21.9. The molecular weight excluding hydrogens is 252 g/mol. The molecule has 2 rings (SSSR count). The molecule has 0 aliphatic heterocycles. The lowest BCUT2D eigenvalue weighted by Crippen LogP contribution is -1.92. The Morgan fingerprint density at radius 2 is 2.12 bits per heavy atom. The molecule has 0 aliphatic rings. The van der Waals surface area contributed by atoms with Gasteiger partial charge in [-0.1, -0.05) is 0 Å². The number of halogens is 1. The maximum atomic E-state index is 11.0. The molecule has 0 aliphatic carbocycles. The number of hydrogen-bond donors (Lipinski definition) is 1. The van der Waals surface area contributed by atoms with Gasteiger partial charge < -0.3 is 0 Å². The number of aryl methyl sites for hydroxylation is 1. The first-order chi connectivity index (χ1) is 7.47. The quantitative estimate of drug-likeness (QED) is 0.815. The fraction of sp³-hybridized carbons (Fsp3) is 0.125. The van der Waals surface area contributed by atoms with Crippen LogP contribution in [0.2, 0.25) is 0 Å². The van der Waals surface area contributed by atoms with Crippen molar-refractivity contribution in [2.24, 2.45) is 0 Å². The van der Waals surface area contributed by atoms with Crippen LogP contribution in [0, 0.1) is 6.92 Å². The highest BCUT2D eigenvalue weighted by atomic mass is 35.7. The zero-order chi connectivity index (χ0) is 11.8. The predicted molar refractivity (Wildman–Crippen MR) is 57.4 cm³/mol. The van der Waals surface area contributed by atoms with Gasteiger partial charge in [0.25, 0.3) is 14.2 Å². The maximum absolute atomic E-state index is 11.0. The molecule has 1 N–H and O–H groups in total. The van der Waals surface area contributed by atoms with Crippen molar-refractivity contribution in [1.29, 1.82) is 0 Å². The van der Waals surface area contributed by atoms with Crippen LogP contribution in [0.5, 0.6) is 0 Å². The molecule has 0 fully saturated rings. The molecule has 0 saturated heterocycles. The molecule has 2 heterocycles. The van der Waals surface area contributed by atoms with Gasteiger partial charge in [0.1, 0.15) is 0 Å². The summed E-state index contributed by atoms with van der Waals surface area (Å²) in [6, 6.07) is 1.79. The zero-order valence-corrected chi connectivity index (χ0v) is 9.75. The number of rotatable bonds is 2. The number of nitrogens with zero attached hydrogens (tertiary/aromatic N) is 3. The van der Waals surface area contributed by atoms with Crippen molar-refractivity contribution in [2.45, 2.75) is 12.1 Å². The first-order valence-electron chi connectivity index (χ1n) is 4.26. The van der Waals surface area contributed by atoms with Gasteiger partial charge in [-0.2, -0.15) is 10.1 Å². The van der Waals surface area contributed by atoms with Gasteiger partial charge in [0, 0.05) is 28.6 Å². The average molecular weight is 259 g/mol. The van der Waals surface area contributed by atoms with Gasteiger partial charge in [-0.25, -0.2) is 13.5 Å². The van der Waals surface area contributed by atoms with Gasteiger partial charge in [0.2, 0.25) is 0 Å². The number of H-pyrrole nitrogens is 1. The van der Waals surface area contributed by atoms with Gasteiger partial charge in [-0.05, 0) is 18.6 Å². The van der Waals surface area contributed by atoms with E-state index < -0.39 is 9.05 Å². The van der Waals surface area contributed by atoms with Crippen molar-refractivity contribution < 1.29 is 8.42 Å². The van der Waals surface area contributed by atoms with E-state index in [9.17, 15) is 8.42 Å². The van der Waals surface area contributed by atoms with Crippen molar-refractivity contribution in [3.05, 3.63) is 24.0 Å². The second-order valence-electron chi connectivity index (χ2n) is 3.15. The van der Waals surface area contributed by atoms with Gasteiger partial charge in [-0.15, -0.1) is 0 Å². The fourth-order valence-electron chi connectivity index (χ4n) is 1.16. The third-order valence-electron chi connectivity index (χ3n) is 1.83. The van der Waals surface area contributed by atoms with Crippen LogP contribution in [-0.4, -0.2) is 28.6 Å². The van der Waals surface area contributed by atoms with Crippen molar-refractivity contribution >= 4 is 19.7 Å². The lowest BCUT2D eigenvalue weighted by Gasteiger charge is -1.94. The lowest BCUT2D eigenvalue weighted by molar-refractivity contribution is 0.602. The molecular formula is C8H7ClN4O2S. The largest absolute Gasteiger partial charge is 0.296 e. The fourth-order valence-corrected chi connectivity index (χ4v) is 1.72. The summed E-state index contributed by atoms with van der Waals surface area (Å²) >= 11 is 0. The Kier molecular flexibility index (Phi) is 2.64. The van der Waals surface area contributed by atoms with E-state index in [2.05, 4.69) is 20.2 Å². The lowest BCUT2D eigenvalue weighted by atomic mass is 10.2. The molecule has 2 aromatic rings. The van der Waals surface area contributed by atoms with Crippen LogP contribution in [0.1, 0.15) is 5.56 Å². The van der Waals surface area contributed by atoms with Crippen LogP contribution >= 0.6 is 10.7 Å². The van der Waals surface area contributed by atoms with Crippen LogP contribution in [0.4, 0.5) is 0 Å². The third kappa shape index (κ3) is 2.20. The molecule has 0 spiro atoms. The van der Waals surface area contributed by atoms with Gasteiger partial charge in [-0.3, -0.25) is 4.98 Å². The molecule has 2 aromatic heterocycles. The summed E-state index contributed by atoms with van der Waals surface area (Å²) in [7, 11) is 1.24. The Morgan fingerprint density at radius 3 is 2.69 bits per heavy atom. The van der Waals surface area contributed by atoms with Crippen LogP contribution < -0.4 is 0 Å². The SMILES string of the molecule is Cc1cncc(-c2n[nH]c(S(=O)(=O)Cl)n2)c1. The van der Waals surface area contributed by atoms with Crippen LogP contribution in [0.3, 0.4) is 0 Å². The summed E-state index contributed by atoms with van der Waals surface area (Å²) in [5.74, 6) is 0.246. The summed E-state index contributed by atoms with van der Waals surface area (Å²) in [6.07, 6.45) is 3.22. The van der Waals surface area contributed by atoms with E-state index in [1.165, 1.54) is 0 Å². The Bertz CT molecular complexity index is 622. The van der Waals surface area contributed by atoms with Gasteiger partial charge in [0.15, 0.2) is 5.82 Å². The molecule has 0 radical (unpaired) electrons. The van der Waals surface area contributed by atoms with Crippen molar-refractivity contribution in [1.82, 2.24) is 20.2 Å². The minimum Gasteiger partial charge on any atom is -0.264 e.